The maximum atomic E-state index is 13.8. The maximum Gasteiger partial charge on any atom is 0.261 e. The van der Waals surface area contributed by atoms with Crippen molar-refractivity contribution in [3.63, 3.8) is 0 Å². The molecule has 1 N–H and O–H groups in total. The second-order valence-corrected chi connectivity index (χ2v) is 7.23. The van der Waals surface area contributed by atoms with Gasteiger partial charge in [-0.1, -0.05) is 48.9 Å². The summed E-state index contributed by atoms with van der Waals surface area (Å²) in [5.41, 5.74) is 0.705. The molecule has 0 bridgehead atoms. The van der Waals surface area contributed by atoms with Gasteiger partial charge in [0.2, 0.25) is 5.91 Å². The van der Waals surface area contributed by atoms with Gasteiger partial charge < -0.3 is 15.0 Å². The van der Waals surface area contributed by atoms with Crippen molar-refractivity contribution >= 4 is 23.4 Å². The Balaban J connectivity index is 2.18. The fraction of sp³-hybridized carbons (Fsp3) is 0.364. The number of ether oxygens (including phenoxy) is 1. The predicted octanol–water partition coefficient (Wildman–Crippen LogP) is 4.19. The Bertz CT molecular complexity index is 846. The third-order valence-corrected chi connectivity index (χ3v) is 5.02. The van der Waals surface area contributed by atoms with Crippen LogP contribution < -0.4 is 10.1 Å². The third kappa shape index (κ3) is 6.46. The molecular formula is C22H26ClFN2O3. The van der Waals surface area contributed by atoms with Crippen molar-refractivity contribution in [2.45, 2.75) is 45.8 Å². The fourth-order valence-electron chi connectivity index (χ4n) is 2.64. The molecule has 2 atom stereocenters. The van der Waals surface area contributed by atoms with Crippen molar-refractivity contribution < 1.29 is 18.7 Å². The molecule has 7 heteroatoms. The Labute approximate surface area is 175 Å². The first-order chi connectivity index (χ1) is 13.8. The summed E-state index contributed by atoms with van der Waals surface area (Å²) < 4.78 is 19.1. The molecule has 2 aromatic carbocycles. The molecule has 2 rings (SSSR count). The summed E-state index contributed by atoms with van der Waals surface area (Å²) in [4.78, 5) is 26.9. The van der Waals surface area contributed by atoms with Crippen LogP contribution in [0.15, 0.2) is 48.5 Å². The SMILES string of the molecule is CC[C@H](C)NC(=O)[C@@H](C)N(Cc1ccccc1Cl)C(=O)COc1ccccc1F. The molecule has 0 radical (unpaired) electrons. The average Bonchev–Trinajstić information content (AvgIpc) is 2.71. The van der Waals surface area contributed by atoms with Crippen LogP contribution in [-0.4, -0.2) is 35.4 Å². The van der Waals surface area contributed by atoms with Gasteiger partial charge in [-0.15, -0.1) is 0 Å². The van der Waals surface area contributed by atoms with Crippen LogP contribution in [0.25, 0.3) is 0 Å². The summed E-state index contributed by atoms with van der Waals surface area (Å²) in [5, 5.41) is 3.38. The molecule has 0 aliphatic carbocycles. The fourth-order valence-corrected chi connectivity index (χ4v) is 2.84. The van der Waals surface area contributed by atoms with E-state index in [1.54, 1.807) is 31.2 Å². The summed E-state index contributed by atoms with van der Waals surface area (Å²) in [6.45, 7) is 5.24. The zero-order valence-electron chi connectivity index (χ0n) is 16.8. The zero-order valence-corrected chi connectivity index (χ0v) is 17.6. The average molecular weight is 421 g/mol. The number of benzene rings is 2. The van der Waals surface area contributed by atoms with Crippen LogP contribution >= 0.6 is 11.6 Å². The Hall–Kier alpha value is -2.60. The number of hydrogen-bond acceptors (Lipinski definition) is 3. The van der Waals surface area contributed by atoms with Crippen LogP contribution in [-0.2, 0) is 16.1 Å². The summed E-state index contributed by atoms with van der Waals surface area (Å²) in [5.74, 6) is -1.29. The van der Waals surface area contributed by atoms with Crippen LogP contribution in [0.5, 0.6) is 5.75 Å². The molecule has 156 valence electrons. The molecule has 0 spiro atoms. The first-order valence-corrected chi connectivity index (χ1v) is 9.91. The molecule has 0 aromatic heterocycles. The highest BCUT2D eigenvalue weighted by atomic mass is 35.5. The molecule has 0 heterocycles. The number of halogens is 2. The topological polar surface area (TPSA) is 58.6 Å². The molecule has 0 fully saturated rings. The minimum absolute atomic E-state index is 0.0168. The normalized spacial score (nSPS) is 12.7. The molecule has 0 unspecified atom stereocenters. The standard InChI is InChI=1S/C22H26ClFN2O3/c1-4-15(2)25-22(28)16(3)26(13-17-9-5-6-10-18(17)23)21(27)14-29-20-12-8-7-11-19(20)24/h5-12,15-16H,4,13-14H2,1-3H3,(H,25,28)/t15-,16+/m0/s1. The summed E-state index contributed by atoms with van der Waals surface area (Å²) in [6.07, 6.45) is 0.771. The zero-order chi connectivity index (χ0) is 21.4. The van der Waals surface area contributed by atoms with E-state index in [2.05, 4.69) is 5.32 Å². The van der Waals surface area contributed by atoms with Crippen molar-refractivity contribution in [1.29, 1.82) is 0 Å². The lowest BCUT2D eigenvalue weighted by molar-refractivity contribution is -0.142. The van der Waals surface area contributed by atoms with Crippen molar-refractivity contribution in [3.05, 3.63) is 64.9 Å². The highest BCUT2D eigenvalue weighted by Gasteiger charge is 2.27. The number of para-hydroxylation sites is 1. The van der Waals surface area contributed by atoms with E-state index in [0.29, 0.717) is 10.6 Å². The van der Waals surface area contributed by atoms with Gasteiger partial charge in [0, 0.05) is 17.6 Å². The second kappa shape index (κ2) is 10.8. The molecule has 0 saturated carbocycles. The summed E-state index contributed by atoms with van der Waals surface area (Å²) >= 11 is 6.24. The van der Waals surface area contributed by atoms with Gasteiger partial charge in [0.05, 0.1) is 0 Å². The number of carbonyl (C=O) groups is 2. The van der Waals surface area contributed by atoms with Crippen LogP contribution in [0.1, 0.15) is 32.8 Å². The highest BCUT2D eigenvalue weighted by Crippen LogP contribution is 2.20. The van der Waals surface area contributed by atoms with Crippen LogP contribution in [0, 0.1) is 5.82 Å². The van der Waals surface area contributed by atoms with E-state index < -0.39 is 24.4 Å². The Morgan fingerprint density at radius 2 is 1.79 bits per heavy atom. The van der Waals surface area contributed by atoms with Gasteiger partial charge in [-0.05, 0) is 44.0 Å². The first kappa shape index (κ1) is 22.7. The largest absolute Gasteiger partial charge is 0.481 e. The number of hydrogen-bond donors (Lipinski definition) is 1. The van der Waals surface area contributed by atoms with Crippen LogP contribution in [0.3, 0.4) is 0 Å². The Morgan fingerprint density at radius 3 is 2.45 bits per heavy atom. The lowest BCUT2D eigenvalue weighted by Crippen LogP contribution is -2.50. The number of carbonyl (C=O) groups excluding carboxylic acids is 2. The third-order valence-electron chi connectivity index (χ3n) is 4.65. The molecule has 2 amide bonds. The number of nitrogens with one attached hydrogen (secondary N) is 1. The van der Waals surface area contributed by atoms with Crippen molar-refractivity contribution in [2.24, 2.45) is 0 Å². The van der Waals surface area contributed by atoms with Gasteiger partial charge in [-0.2, -0.15) is 0 Å². The van der Waals surface area contributed by atoms with Crippen LogP contribution in [0.2, 0.25) is 5.02 Å². The molecule has 5 nitrogen and oxygen atoms in total. The second-order valence-electron chi connectivity index (χ2n) is 6.83. The molecule has 2 aromatic rings. The molecule has 0 aliphatic heterocycles. The van der Waals surface area contributed by atoms with E-state index >= 15 is 0 Å². The summed E-state index contributed by atoms with van der Waals surface area (Å²) in [6, 6.07) is 12.2. The van der Waals surface area contributed by atoms with Gasteiger partial charge >= 0.3 is 0 Å². The van der Waals surface area contributed by atoms with E-state index in [9.17, 15) is 14.0 Å². The van der Waals surface area contributed by atoms with Crippen molar-refractivity contribution in [2.75, 3.05) is 6.61 Å². The lowest BCUT2D eigenvalue weighted by atomic mass is 10.1. The van der Waals surface area contributed by atoms with Gasteiger partial charge in [0.1, 0.15) is 6.04 Å². The minimum atomic E-state index is -0.753. The smallest absolute Gasteiger partial charge is 0.261 e. The first-order valence-electron chi connectivity index (χ1n) is 9.54. The molecule has 0 saturated heterocycles. The van der Waals surface area contributed by atoms with E-state index in [-0.39, 0.29) is 24.2 Å². The Kier molecular flexibility index (Phi) is 8.46. The summed E-state index contributed by atoms with van der Waals surface area (Å²) in [7, 11) is 0. The van der Waals surface area contributed by atoms with E-state index in [1.807, 2.05) is 19.9 Å². The van der Waals surface area contributed by atoms with Gasteiger partial charge in [-0.3, -0.25) is 9.59 Å². The number of nitrogens with zero attached hydrogens (tertiary/aromatic N) is 1. The quantitative estimate of drug-likeness (QED) is 0.661. The molecule has 29 heavy (non-hydrogen) atoms. The Morgan fingerprint density at radius 1 is 1.14 bits per heavy atom. The monoisotopic (exact) mass is 420 g/mol. The van der Waals surface area contributed by atoms with Crippen molar-refractivity contribution in [3.8, 4) is 5.75 Å². The minimum Gasteiger partial charge on any atom is -0.481 e. The maximum absolute atomic E-state index is 13.8. The number of amides is 2. The lowest BCUT2D eigenvalue weighted by Gasteiger charge is -2.30. The van der Waals surface area contributed by atoms with E-state index in [1.165, 1.54) is 23.1 Å². The van der Waals surface area contributed by atoms with Gasteiger partial charge in [0.15, 0.2) is 18.2 Å². The predicted molar refractivity (Wildman–Crippen MR) is 111 cm³/mol. The molecular weight excluding hydrogens is 395 g/mol. The highest BCUT2D eigenvalue weighted by molar-refractivity contribution is 6.31. The number of rotatable bonds is 9. The van der Waals surface area contributed by atoms with Gasteiger partial charge in [-0.25, -0.2) is 4.39 Å². The van der Waals surface area contributed by atoms with E-state index in [0.717, 1.165) is 6.42 Å². The van der Waals surface area contributed by atoms with E-state index in [4.69, 9.17) is 16.3 Å². The van der Waals surface area contributed by atoms with Crippen LogP contribution in [0.4, 0.5) is 4.39 Å². The molecule has 0 aliphatic rings. The van der Waals surface area contributed by atoms with Crippen molar-refractivity contribution in [1.82, 2.24) is 10.2 Å². The van der Waals surface area contributed by atoms with Gasteiger partial charge in [0.25, 0.3) is 5.91 Å².